The van der Waals surface area contributed by atoms with Gasteiger partial charge in [-0.05, 0) is 46.5 Å². The number of amides is 2. The van der Waals surface area contributed by atoms with Crippen molar-refractivity contribution in [2.75, 3.05) is 7.05 Å². The predicted molar refractivity (Wildman–Crippen MR) is 80.6 cm³/mol. The molecule has 0 aliphatic rings. The first-order chi connectivity index (χ1) is 9.35. The van der Waals surface area contributed by atoms with Crippen molar-refractivity contribution < 1.29 is 14.7 Å². The molecule has 0 fully saturated rings. The standard InChI is InChI=1S/C14H19BrN2O3/c1-8(2)6-11(14(20)16-3)17-13(19)9-4-5-10(15)12(18)7-9/h4-5,7-8,11,18H,6H2,1-3H3,(H,16,20)(H,17,19)/t11-/m0/s1. The van der Waals surface area contributed by atoms with Gasteiger partial charge in [-0.3, -0.25) is 9.59 Å². The fourth-order valence-electron chi connectivity index (χ4n) is 1.77. The van der Waals surface area contributed by atoms with Crippen LogP contribution in [0.25, 0.3) is 0 Å². The molecule has 0 aromatic heterocycles. The lowest BCUT2D eigenvalue weighted by atomic mass is 10.0. The van der Waals surface area contributed by atoms with Gasteiger partial charge in [-0.15, -0.1) is 0 Å². The van der Waals surface area contributed by atoms with E-state index in [1.807, 2.05) is 13.8 Å². The van der Waals surface area contributed by atoms with E-state index >= 15 is 0 Å². The summed E-state index contributed by atoms with van der Waals surface area (Å²) >= 11 is 3.15. The molecule has 20 heavy (non-hydrogen) atoms. The van der Waals surface area contributed by atoms with Crippen molar-refractivity contribution in [3.63, 3.8) is 0 Å². The van der Waals surface area contributed by atoms with Gasteiger partial charge in [0.05, 0.1) is 4.47 Å². The second-order valence-corrected chi connectivity index (χ2v) is 5.79. The van der Waals surface area contributed by atoms with E-state index in [1.165, 1.54) is 13.1 Å². The van der Waals surface area contributed by atoms with E-state index in [0.29, 0.717) is 16.5 Å². The number of hydrogen-bond acceptors (Lipinski definition) is 3. The molecule has 0 bridgehead atoms. The summed E-state index contributed by atoms with van der Waals surface area (Å²) in [7, 11) is 1.53. The number of phenolic OH excluding ortho intramolecular Hbond substituents is 1. The van der Waals surface area contributed by atoms with Crippen molar-refractivity contribution >= 4 is 27.7 Å². The zero-order valence-electron chi connectivity index (χ0n) is 11.7. The van der Waals surface area contributed by atoms with Gasteiger partial charge in [0.25, 0.3) is 5.91 Å². The molecule has 0 radical (unpaired) electrons. The van der Waals surface area contributed by atoms with Crippen molar-refractivity contribution in [1.29, 1.82) is 0 Å². The highest BCUT2D eigenvalue weighted by Gasteiger charge is 2.21. The maximum atomic E-state index is 12.1. The van der Waals surface area contributed by atoms with Gasteiger partial charge in [0.1, 0.15) is 11.8 Å². The number of carbonyl (C=O) groups excluding carboxylic acids is 2. The largest absolute Gasteiger partial charge is 0.507 e. The molecule has 0 saturated heterocycles. The molecule has 0 aliphatic carbocycles. The van der Waals surface area contributed by atoms with Gasteiger partial charge in [-0.2, -0.15) is 0 Å². The minimum absolute atomic E-state index is 0.0157. The van der Waals surface area contributed by atoms with Gasteiger partial charge in [0.2, 0.25) is 5.91 Å². The molecule has 0 aliphatic heterocycles. The highest BCUT2D eigenvalue weighted by molar-refractivity contribution is 9.10. The average molecular weight is 343 g/mol. The molecule has 2 amide bonds. The topological polar surface area (TPSA) is 78.4 Å². The zero-order valence-corrected chi connectivity index (χ0v) is 13.3. The Morgan fingerprint density at radius 1 is 1.35 bits per heavy atom. The minimum atomic E-state index is -0.585. The second-order valence-electron chi connectivity index (χ2n) is 4.94. The number of halogens is 1. The quantitative estimate of drug-likeness (QED) is 0.766. The van der Waals surface area contributed by atoms with Gasteiger partial charge in [0.15, 0.2) is 0 Å². The summed E-state index contributed by atoms with van der Waals surface area (Å²) in [5, 5.41) is 14.8. The Morgan fingerprint density at radius 2 is 2.00 bits per heavy atom. The van der Waals surface area contributed by atoms with Crippen LogP contribution in [-0.2, 0) is 4.79 Å². The molecule has 0 spiro atoms. The number of carbonyl (C=O) groups is 2. The molecule has 6 heteroatoms. The molecular formula is C14H19BrN2O3. The van der Waals surface area contributed by atoms with Crippen LogP contribution in [0.4, 0.5) is 0 Å². The number of rotatable bonds is 5. The Kier molecular flexibility index (Phi) is 6.01. The smallest absolute Gasteiger partial charge is 0.252 e. The highest BCUT2D eigenvalue weighted by Crippen LogP contribution is 2.24. The highest BCUT2D eigenvalue weighted by atomic mass is 79.9. The SMILES string of the molecule is CNC(=O)[C@H](CC(C)C)NC(=O)c1ccc(Br)c(O)c1. The fourth-order valence-corrected chi connectivity index (χ4v) is 2.02. The van der Waals surface area contributed by atoms with Crippen molar-refractivity contribution in [2.24, 2.45) is 5.92 Å². The van der Waals surface area contributed by atoms with Crippen molar-refractivity contribution in [3.05, 3.63) is 28.2 Å². The van der Waals surface area contributed by atoms with E-state index in [4.69, 9.17) is 0 Å². The number of nitrogens with one attached hydrogen (secondary N) is 2. The lowest BCUT2D eigenvalue weighted by molar-refractivity contribution is -0.122. The van der Waals surface area contributed by atoms with Crippen molar-refractivity contribution in [2.45, 2.75) is 26.3 Å². The van der Waals surface area contributed by atoms with Gasteiger partial charge in [0, 0.05) is 12.6 Å². The first-order valence-corrected chi connectivity index (χ1v) is 7.15. The van der Waals surface area contributed by atoms with Crippen molar-refractivity contribution in [1.82, 2.24) is 10.6 Å². The number of likely N-dealkylation sites (N-methyl/N-ethyl adjacent to an activating group) is 1. The Labute approximate surface area is 126 Å². The summed E-state index contributed by atoms with van der Waals surface area (Å²) in [4.78, 5) is 23.9. The third-order valence-electron chi connectivity index (χ3n) is 2.78. The number of hydrogen-bond donors (Lipinski definition) is 3. The molecule has 110 valence electrons. The molecule has 3 N–H and O–H groups in total. The monoisotopic (exact) mass is 342 g/mol. The number of benzene rings is 1. The van der Waals surface area contributed by atoms with Crippen LogP contribution >= 0.6 is 15.9 Å². The lowest BCUT2D eigenvalue weighted by Gasteiger charge is -2.19. The zero-order chi connectivity index (χ0) is 15.3. The Hall–Kier alpha value is -1.56. The first-order valence-electron chi connectivity index (χ1n) is 6.36. The molecule has 1 atom stereocenters. The summed E-state index contributed by atoms with van der Waals surface area (Å²) < 4.78 is 0.513. The summed E-state index contributed by atoms with van der Waals surface area (Å²) in [6, 6.07) is 3.94. The number of aromatic hydroxyl groups is 1. The molecule has 5 nitrogen and oxygen atoms in total. The Balaban J connectivity index is 2.84. The molecule has 0 heterocycles. The van der Waals surface area contributed by atoms with Gasteiger partial charge < -0.3 is 15.7 Å². The van der Waals surface area contributed by atoms with Gasteiger partial charge in [-0.1, -0.05) is 13.8 Å². The van der Waals surface area contributed by atoms with E-state index in [9.17, 15) is 14.7 Å². The van der Waals surface area contributed by atoms with Crippen LogP contribution in [0.2, 0.25) is 0 Å². The minimum Gasteiger partial charge on any atom is -0.507 e. The summed E-state index contributed by atoms with van der Waals surface area (Å²) in [6.07, 6.45) is 0.550. The van der Waals surface area contributed by atoms with E-state index in [-0.39, 0.29) is 23.5 Å². The first kappa shape index (κ1) is 16.5. The van der Waals surface area contributed by atoms with Crippen LogP contribution in [0.15, 0.2) is 22.7 Å². The number of phenols is 1. The molecule has 1 aromatic rings. The maximum absolute atomic E-state index is 12.1. The van der Waals surface area contributed by atoms with Crippen LogP contribution in [0, 0.1) is 5.92 Å². The van der Waals surface area contributed by atoms with E-state index in [2.05, 4.69) is 26.6 Å². The normalized spacial score (nSPS) is 12.1. The fraction of sp³-hybridized carbons (Fsp3) is 0.429. The van der Waals surface area contributed by atoms with Gasteiger partial charge >= 0.3 is 0 Å². The van der Waals surface area contributed by atoms with Gasteiger partial charge in [-0.25, -0.2) is 0 Å². The predicted octanol–water partition coefficient (Wildman–Crippen LogP) is 2.05. The molecule has 1 aromatic carbocycles. The average Bonchev–Trinajstić information content (AvgIpc) is 2.39. The van der Waals surface area contributed by atoms with E-state index in [0.717, 1.165) is 0 Å². The molecule has 0 saturated carbocycles. The Bertz CT molecular complexity index is 503. The third kappa shape index (κ3) is 4.52. The lowest BCUT2D eigenvalue weighted by Crippen LogP contribution is -2.46. The Morgan fingerprint density at radius 3 is 2.50 bits per heavy atom. The maximum Gasteiger partial charge on any atom is 0.252 e. The third-order valence-corrected chi connectivity index (χ3v) is 3.45. The van der Waals surface area contributed by atoms with Crippen molar-refractivity contribution in [3.8, 4) is 5.75 Å². The summed E-state index contributed by atoms with van der Waals surface area (Å²) in [5.41, 5.74) is 0.309. The molecule has 0 unspecified atom stereocenters. The summed E-state index contributed by atoms with van der Waals surface area (Å²) in [6.45, 7) is 3.96. The van der Waals surface area contributed by atoms with E-state index in [1.54, 1.807) is 12.1 Å². The second kappa shape index (κ2) is 7.28. The van der Waals surface area contributed by atoms with Crippen LogP contribution in [0.3, 0.4) is 0 Å². The van der Waals surface area contributed by atoms with E-state index < -0.39 is 6.04 Å². The van der Waals surface area contributed by atoms with Crippen LogP contribution in [0.5, 0.6) is 5.75 Å². The van der Waals surface area contributed by atoms with Crippen LogP contribution in [0.1, 0.15) is 30.6 Å². The molecular weight excluding hydrogens is 324 g/mol. The van der Waals surface area contributed by atoms with Crippen LogP contribution in [-0.4, -0.2) is 30.0 Å². The molecule has 1 rings (SSSR count). The van der Waals surface area contributed by atoms with Crippen LogP contribution < -0.4 is 10.6 Å². The summed E-state index contributed by atoms with van der Waals surface area (Å²) in [5.74, 6) is -0.357.